The Morgan fingerprint density at radius 2 is 1.91 bits per heavy atom. The highest BCUT2D eigenvalue weighted by atomic mass is 32.2. The standard InChI is InChI=1S/C15H19N3O4S/c1-10(2)23(21,22)13-7-5-4-6-11(13)16-15(20)12-8-9-14(19)18(3)17-12/h4-7,10H,8-9H2,1-3H3,(H,16,20). The molecule has 0 aliphatic carbocycles. The molecule has 0 spiro atoms. The molecule has 8 heteroatoms. The minimum Gasteiger partial charge on any atom is -0.320 e. The van der Waals surface area contributed by atoms with Crippen molar-refractivity contribution >= 4 is 33.1 Å². The summed E-state index contributed by atoms with van der Waals surface area (Å²) in [6, 6.07) is 6.25. The predicted molar refractivity (Wildman–Crippen MR) is 86.8 cm³/mol. The summed E-state index contributed by atoms with van der Waals surface area (Å²) >= 11 is 0. The maximum atomic E-state index is 12.4. The average molecular weight is 337 g/mol. The molecular formula is C15H19N3O4S. The van der Waals surface area contributed by atoms with E-state index < -0.39 is 21.0 Å². The number of amides is 2. The van der Waals surface area contributed by atoms with Crippen LogP contribution in [0.4, 0.5) is 5.69 Å². The first kappa shape index (κ1) is 17.1. The molecule has 2 amide bonds. The predicted octanol–water partition coefficient (Wildman–Crippen LogP) is 1.42. The van der Waals surface area contributed by atoms with Crippen LogP contribution in [0.2, 0.25) is 0 Å². The van der Waals surface area contributed by atoms with E-state index in [1.54, 1.807) is 26.0 Å². The summed E-state index contributed by atoms with van der Waals surface area (Å²) in [7, 11) is -2.04. The zero-order chi connectivity index (χ0) is 17.2. The third kappa shape index (κ3) is 3.58. The fourth-order valence-corrected chi connectivity index (χ4v) is 3.30. The Labute approximate surface area is 135 Å². The fraction of sp³-hybridized carbons (Fsp3) is 0.400. The van der Waals surface area contributed by atoms with Crippen molar-refractivity contribution in [2.45, 2.75) is 36.8 Å². The number of hydrazone groups is 1. The highest BCUT2D eigenvalue weighted by Crippen LogP contribution is 2.25. The number of rotatable bonds is 4. The summed E-state index contributed by atoms with van der Waals surface area (Å²) in [4.78, 5) is 23.8. The zero-order valence-corrected chi connectivity index (χ0v) is 14.1. The van der Waals surface area contributed by atoms with Crippen LogP contribution < -0.4 is 5.32 Å². The molecule has 0 radical (unpaired) electrons. The van der Waals surface area contributed by atoms with Crippen molar-refractivity contribution in [2.75, 3.05) is 12.4 Å². The Morgan fingerprint density at radius 3 is 2.52 bits per heavy atom. The van der Waals surface area contributed by atoms with Crippen LogP contribution in [-0.2, 0) is 19.4 Å². The fourth-order valence-electron chi connectivity index (χ4n) is 2.10. The van der Waals surface area contributed by atoms with Crippen LogP contribution in [0.15, 0.2) is 34.3 Å². The molecule has 0 fully saturated rings. The van der Waals surface area contributed by atoms with Gasteiger partial charge in [-0.25, -0.2) is 13.4 Å². The summed E-state index contributed by atoms with van der Waals surface area (Å²) in [6.07, 6.45) is 0.433. The van der Waals surface area contributed by atoms with Crippen molar-refractivity contribution in [3.63, 3.8) is 0 Å². The van der Waals surface area contributed by atoms with Gasteiger partial charge >= 0.3 is 0 Å². The van der Waals surface area contributed by atoms with E-state index >= 15 is 0 Å². The molecule has 1 aromatic rings. The normalized spacial score (nSPS) is 15.6. The largest absolute Gasteiger partial charge is 0.320 e. The van der Waals surface area contributed by atoms with Gasteiger partial charge in [0.2, 0.25) is 5.91 Å². The zero-order valence-electron chi connectivity index (χ0n) is 13.2. The van der Waals surface area contributed by atoms with Gasteiger partial charge in [0.1, 0.15) is 5.71 Å². The molecule has 0 saturated heterocycles. The SMILES string of the molecule is CC(C)S(=O)(=O)c1ccccc1NC(=O)C1=NN(C)C(=O)CC1. The first-order chi connectivity index (χ1) is 10.7. The van der Waals surface area contributed by atoms with Gasteiger partial charge in [-0.05, 0) is 26.0 Å². The van der Waals surface area contributed by atoms with Gasteiger partial charge in [-0.15, -0.1) is 0 Å². The van der Waals surface area contributed by atoms with E-state index in [9.17, 15) is 18.0 Å². The van der Waals surface area contributed by atoms with Crippen LogP contribution in [0.5, 0.6) is 0 Å². The van der Waals surface area contributed by atoms with Gasteiger partial charge in [-0.1, -0.05) is 12.1 Å². The van der Waals surface area contributed by atoms with Gasteiger partial charge in [0.05, 0.1) is 15.8 Å². The summed E-state index contributed by atoms with van der Waals surface area (Å²) in [6.45, 7) is 3.17. The molecule has 0 saturated carbocycles. The molecule has 0 unspecified atom stereocenters. The van der Waals surface area contributed by atoms with Crippen LogP contribution in [0.1, 0.15) is 26.7 Å². The van der Waals surface area contributed by atoms with E-state index in [0.29, 0.717) is 0 Å². The van der Waals surface area contributed by atoms with E-state index in [-0.39, 0.29) is 35.0 Å². The highest BCUT2D eigenvalue weighted by molar-refractivity contribution is 7.92. The molecule has 23 heavy (non-hydrogen) atoms. The number of carbonyl (C=O) groups excluding carboxylic acids is 2. The van der Waals surface area contributed by atoms with Crippen molar-refractivity contribution in [3.05, 3.63) is 24.3 Å². The molecular weight excluding hydrogens is 318 g/mol. The highest BCUT2D eigenvalue weighted by Gasteiger charge is 2.26. The number of para-hydroxylation sites is 1. The van der Waals surface area contributed by atoms with E-state index in [0.717, 1.165) is 5.01 Å². The van der Waals surface area contributed by atoms with Gasteiger partial charge in [0.15, 0.2) is 9.84 Å². The average Bonchev–Trinajstić information content (AvgIpc) is 2.50. The topological polar surface area (TPSA) is 95.9 Å². The molecule has 1 aliphatic rings. The second-order valence-electron chi connectivity index (χ2n) is 5.51. The summed E-state index contributed by atoms with van der Waals surface area (Å²) in [5.41, 5.74) is 0.414. The number of sulfone groups is 1. The van der Waals surface area contributed by atoms with Crippen LogP contribution in [0.25, 0.3) is 0 Å². The molecule has 1 heterocycles. The Balaban J connectivity index is 2.30. The molecule has 0 atom stereocenters. The van der Waals surface area contributed by atoms with Crippen LogP contribution in [0, 0.1) is 0 Å². The summed E-state index contributed by atoms with van der Waals surface area (Å²) < 4.78 is 24.7. The third-order valence-electron chi connectivity index (χ3n) is 3.53. The number of hydrogen-bond donors (Lipinski definition) is 1. The van der Waals surface area contributed by atoms with Gasteiger partial charge < -0.3 is 5.32 Å². The molecule has 0 aromatic heterocycles. The first-order valence-corrected chi connectivity index (χ1v) is 8.76. The van der Waals surface area contributed by atoms with E-state index in [4.69, 9.17) is 0 Å². The Kier molecular flexibility index (Phi) is 4.84. The number of nitrogens with one attached hydrogen (secondary N) is 1. The van der Waals surface area contributed by atoms with E-state index in [1.807, 2.05) is 0 Å². The van der Waals surface area contributed by atoms with Crippen molar-refractivity contribution < 1.29 is 18.0 Å². The van der Waals surface area contributed by atoms with Gasteiger partial charge in [-0.3, -0.25) is 9.59 Å². The summed E-state index contributed by atoms with van der Waals surface area (Å²) in [5.74, 6) is -0.667. The number of nitrogens with zero attached hydrogens (tertiary/aromatic N) is 2. The quantitative estimate of drug-likeness (QED) is 0.898. The third-order valence-corrected chi connectivity index (χ3v) is 5.74. The second-order valence-corrected chi connectivity index (χ2v) is 7.98. The molecule has 124 valence electrons. The molecule has 0 bridgehead atoms. The lowest BCUT2D eigenvalue weighted by molar-refractivity contribution is -0.130. The van der Waals surface area contributed by atoms with Gasteiger partial charge in [0.25, 0.3) is 5.91 Å². The summed E-state index contributed by atoms with van der Waals surface area (Å²) in [5, 5.41) is 7.03. The minimum absolute atomic E-state index is 0.0733. The van der Waals surface area contributed by atoms with Gasteiger partial charge in [-0.2, -0.15) is 5.10 Å². The first-order valence-electron chi connectivity index (χ1n) is 7.21. The maximum Gasteiger partial charge on any atom is 0.271 e. The lowest BCUT2D eigenvalue weighted by Crippen LogP contribution is -2.34. The molecule has 1 aromatic carbocycles. The smallest absolute Gasteiger partial charge is 0.271 e. The van der Waals surface area contributed by atoms with Crippen molar-refractivity contribution in [3.8, 4) is 0 Å². The lowest BCUT2D eigenvalue weighted by atomic mass is 10.1. The molecule has 1 N–H and O–H groups in total. The molecule has 2 rings (SSSR count). The van der Waals surface area contributed by atoms with Crippen LogP contribution >= 0.6 is 0 Å². The monoisotopic (exact) mass is 337 g/mol. The number of benzene rings is 1. The Bertz CT molecular complexity index is 769. The Hall–Kier alpha value is -2.22. The van der Waals surface area contributed by atoms with E-state index in [1.165, 1.54) is 19.2 Å². The van der Waals surface area contributed by atoms with Crippen molar-refractivity contribution in [2.24, 2.45) is 5.10 Å². The molecule has 1 aliphatic heterocycles. The number of carbonyl (C=O) groups is 2. The van der Waals surface area contributed by atoms with E-state index in [2.05, 4.69) is 10.4 Å². The minimum atomic E-state index is -3.52. The maximum absolute atomic E-state index is 12.4. The van der Waals surface area contributed by atoms with Crippen molar-refractivity contribution in [1.29, 1.82) is 0 Å². The lowest BCUT2D eigenvalue weighted by Gasteiger charge is -2.19. The Morgan fingerprint density at radius 1 is 1.26 bits per heavy atom. The van der Waals surface area contributed by atoms with Crippen LogP contribution in [-0.4, -0.2) is 43.3 Å². The second kappa shape index (κ2) is 6.49. The molecule has 7 nitrogen and oxygen atoms in total. The van der Waals surface area contributed by atoms with Crippen LogP contribution in [0.3, 0.4) is 0 Å². The number of anilines is 1. The van der Waals surface area contributed by atoms with Gasteiger partial charge in [0, 0.05) is 19.9 Å². The number of hydrogen-bond acceptors (Lipinski definition) is 5. The van der Waals surface area contributed by atoms with Crippen molar-refractivity contribution in [1.82, 2.24) is 5.01 Å².